The van der Waals surface area contributed by atoms with E-state index in [1.807, 2.05) is 54.6 Å². The number of hydrogen-bond acceptors (Lipinski definition) is 5. The molecule has 3 aromatic heterocycles. The summed E-state index contributed by atoms with van der Waals surface area (Å²) in [5.74, 6) is 1.70. The highest BCUT2D eigenvalue weighted by molar-refractivity contribution is 6.07. The van der Waals surface area contributed by atoms with Gasteiger partial charge in [0, 0.05) is 41.8 Å². The highest BCUT2D eigenvalue weighted by atomic mass is 16.5. The zero-order valence-corrected chi connectivity index (χ0v) is 17.0. The fourth-order valence-corrected chi connectivity index (χ4v) is 3.70. The van der Waals surface area contributed by atoms with Crippen LogP contribution in [0.15, 0.2) is 77.5 Å². The SMILES string of the molecule is CNC(=O)c1c(C)oc2cc(Oc3ccnc4cc(-c5ccccn5)ccc34)ccc12. The smallest absolute Gasteiger partial charge is 0.255 e. The molecule has 0 saturated heterocycles. The van der Waals surface area contributed by atoms with E-state index in [0.29, 0.717) is 28.4 Å². The van der Waals surface area contributed by atoms with Crippen molar-refractivity contribution in [2.75, 3.05) is 7.05 Å². The maximum atomic E-state index is 12.1. The van der Waals surface area contributed by atoms with Gasteiger partial charge >= 0.3 is 0 Å². The Bertz CT molecular complexity index is 1420. The zero-order chi connectivity index (χ0) is 21.4. The Morgan fingerprint density at radius 1 is 0.968 bits per heavy atom. The molecule has 1 N–H and O–H groups in total. The van der Waals surface area contributed by atoms with Crippen molar-refractivity contribution in [2.24, 2.45) is 0 Å². The average molecular weight is 409 g/mol. The molecular formula is C25H19N3O3. The summed E-state index contributed by atoms with van der Waals surface area (Å²) in [7, 11) is 1.60. The van der Waals surface area contributed by atoms with E-state index in [-0.39, 0.29) is 5.91 Å². The second-order valence-electron chi connectivity index (χ2n) is 7.13. The Balaban J connectivity index is 1.51. The molecule has 0 bridgehead atoms. The standard InChI is InChI=1S/C25H19N3O3/c1-15-24(25(29)26-2)19-9-7-17(14-23(19)30-15)31-22-10-12-28-21-13-16(6-8-18(21)22)20-5-3-4-11-27-20/h3-14H,1-2H3,(H,26,29). The normalized spacial score (nSPS) is 11.0. The largest absolute Gasteiger partial charge is 0.460 e. The lowest BCUT2D eigenvalue weighted by Crippen LogP contribution is -2.18. The van der Waals surface area contributed by atoms with Crippen molar-refractivity contribution >= 4 is 27.8 Å². The maximum absolute atomic E-state index is 12.1. The van der Waals surface area contributed by atoms with Crippen LogP contribution in [0.1, 0.15) is 16.1 Å². The first kappa shape index (κ1) is 18.8. The second kappa shape index (κ2) is 7.57. The van der Waals surface area contributed by atoms with Gasteiger partial charge in [-0.05, 0) is 49.4 Å². The third-order valence-corrected chi connectivity index (χ3v) is 5.18. The first-order valence-electron chi connectivity index (χ1n) is 9.87. The van der Waals surface area contributed by atoms with Crippen molar-refractivity contribution in [3.8, 4) is 22.8 Å². The molecule has 2 aromatic carbocycles. The predicted molar refractivity (Wildman–Crippen MR) is 119 cm³/mol. The number of aromatic nitrogens is 2. The van der Waals surface area contributed by atoms with Crippen LogP contribution in [0.4, 0.5) is 0 Å². The number of furan rings is 1. The Morgan fingerprint density at radius 3 is 2.65 bits per heavy atom. The number of rotatable bonds is 4. The molecule has 6 nitrogen and oxygen atoms in total. The first-order chi connectivity index (χ1) is 15.1. The highest BCUT2D eigenvalue weighted by Gasteiger charge is 2.18. The number of nitrogens with zero attached hydrogens (tertiary/aromatic N) is 2. The van der Waals surface area contributed by atoms with E-state index in [2.05, 4.69) is 15.3 Å². The summed E-state index contributed by atoms with van der Waals surface area (Å²) in [6.07, 6.45) is 3.49. The van der Waals surface area contributed by atoms with Gasteiger partial charge in [0.2, 0.25) is 0 Å². The Morgan fingerprint density at radius 2 is 1.84 bits per heavy atom. The van der Waals surface area contributed by atoms with Crippen molar-refractivity contribution in [1.29, 1.82) is 0 Å². The van der Waals surface area contributed by atoms with Crippen LogP contribution >= 0.6 is 0 Å². The number of aryl methyl sites for hydroxylation is 1. The monoisotopic (exact) mass is 409 g/mol. The fraction of sp³-hybridized carbons (Fsp3) is 0.0800. The molecule has 0 spiro atoms. The summed E-state index contributed by atoms with van der Waals surface area (Å²) >= 11 is 0. The van der Waals surface area contributed by atoms with Gasteiger partial charge in [0.25, 0.3) is 5.91 Å². The minimum Gasteiger partial charge on any atom is -0.460 e. The van der Waals surface area contributed by atoms with Crippen LogP contribution in [0, 0.1) is 6.92 Å². The van der Waals surface area contributed by atoms with Crippen LogP contribution in [0.25, 0.3) is 33.1 Å². The maximum Gasteiger partial charge on any atom is 0.255 e. The van der Waals surface area contributed by atoms with Crippen LogP contribution in [0.3, 0.4) is 0 Å². The number of fused-ring (bicyclic) bond motifs is 2. The Kier molecular flexibility index (Phi) is 4.59. The van der Waals surface area contributed by atoms with Gasteiger partial charge in [-0.2, -0.15) is 0 Å². The molecule has 1 amide bonds. The summed E-state index contributed by atoms with van der Waals surface area (Å²) in [6, 6.07) is 19.1. The molecule has 0 aliphatic heterocycles. The van der Waals surface area contributed by atoms with E-state index < -0.39 is 0 Å². The summed E-state index contributed by atoms with van der Waals surface area (Å²) < 4.78 is 12.0. The molecule has 5 rings (SSSR count). The Hall–Kier alpha value is -4.19. The van der Waals surface area contributed by atoms with Crippen LogP contribution in [0.5, 0.6) is 11.5 Å². The molecule has 0 radical (unpaired) electrons. The van der Waals surface area contributed by atoms with E-state index in [0.717, 1.165) is 27.5 Å². The third kappa shape index (κ3) is 3.38. The Labute approximate surface area is 178 Å². The summed E-state index contributed by atoms with van der Waals surface area (Å²) in [4.78, 5) is 21.0. The van der Waals surface area contributed by atoms with Crippen LogP contribution in [0.2, 0.25) is 0 Å². The first-order valence-corrected chi connectivity index (χ1v) is 9.87. The van der Waals surface area contributed by atoms with Gasteiger partial charge in [-0.1, -0.05) is 12.1 Å². The molecule has 0 unspecified atom stereocenters. The van der Waals surface area contributed by atoms with E-state index in [9.17, 15) is 4.79 Å². The minimum absolute atomic E-state index is 0.172. The summed E-state index contributed by atoms with van der Waals surface area (Å²) in [5.41, 5.74) is 3.84. The fourth-order valence-electron chi connectivity index (χ4n) is 3.70. The lowest BCUT2D eigenvalue weighted by molar-refractivity contribution is 0.0963. The summed E-state index contributed by atoms with van der Waals surface area (Å²) in [6.45, 7) is 1.78. The van der Waals surface area contributed by atoms with Gasteiger partial charge < -0.3 is 14.5 Å². The van der Waals surface area contributed by atoms with E-state index in [1.165, 1.54) is 0 Å². The second-order valence-corrected chi connectivity index (χ2v) is 7.13. The quantitative estimate of drug-likeness (QED) is 0.424. The molecule has 0 saturated carbocycles. The summed E-state index contributed by atoms with van der Waals surface area (Å²) in [5, 5.41) is 4.30. The van der Waals surface area contributed by atoms with Gasteiger partial charge in [-0.25, -0.2) is 0 Å². The van der Waals surface area contributed by atoms with Crippen molar-refractivity contribution in [3.05, 3.63) is 84.4 Å². The molecule has 0 aliphatic rings. The predicted octanol–water partition coefficient (Wildman–Crippen LogP) is 5.50. The molecule has 0 atom stereocenters. The number of benzene rings is 2. The van der Waals surface area contributed by atoms with Crippen molar-refractivity contribution in [3.63, 3.8) is 0 Å². The number of amides is 1. The van der Waals surface area contributed by atoms with Gasteiger partial charge in [0.05, 0.1) is 16.8 Å². The van der Waals surface area contributed by atoms with Gasteiger partial charge in [-0.3, -0.25) is 14.8 Å². The molecule has 6 heteroatoms. The average Bonchev–Trinajstić information content (AvgIpc) is 3.14. The van der Waals surface area contributed by atoms with E-state index >= 15 is 0 Å². The number of hydrogen-bond donors (Lipinski definition) is 1. The van der Waals surface area contributed by atoms with Crippen molar-refractivity contribution in [2.45, 2.75) is 6.92 Å². The molecule has 0 aliphatic carbocycles. The lowest BCUT2D eigenvalue weighted by atomic mass is 10.1. The molecular weight excluding hydrogens is 390 g/mol. The van der Waals surface area contributed by atoms with Crippen LogP contribution < -0.4 is 10.1 Å². The molecule has 31 heavy (non-hydrogen) atoms. The van der Waals surface area contributed by atoms with Crippen molar-refractivity contribution in [1.82, 2.24) is 15.3 Å². The lowest BCUT2D eigenvalue weighted by Gasteiger charge is -2.10. The molecule has 152 valence electrons. The highest BCUT2D eigenvalue weighted by Crippen LogP contribution is 2.34. The van der Waals surface area contributed by atoms with E-state index in [4.69, 9.17) is 9.15 Å². The topological polar surface area (TPSA) is 77.2 Å². The number of carbonyl (C=O) groups is 1. The van der Waals surface area contributed by atoms with E-state index in [1.54, 1.807) is 32.4 Å². The van der Waals surface area contributed by atoms with Crippen molar-refractivity contribution < 1.29 is 13.9 Å². The third-order valence-electron chi connectivity index (χ3n) is 5.18. The molecule has 0 fully saturated rings. The zero-order valence-electron chi connectivity index (χ0n) is 17.0. The van der Waals surface area contributed by atoms with Gasteiger partial charge in [0.1, 0.15) is 22.8 Å². The van der Waals surface area contributed by atoms with Gasteiger partial charge in [0.15, 0.2) is 0 Å². The number of nitrogens with one attached hydrogen (secondary N) is 1. The number of carbonyl (C=O) groups excluding carboxylic acids is 1. The molecule has 3 heterocycles. The van der Waals surface area contributed by atoms with Crippen LogP contribution in [-0.4, -0.2) is 22.9 Å². The van der Waals surface area contributed by atoms with Gasteiger partial charge in [-0.15, -0.1) is 0 Å². The number of ether oxygens (including phenoxy) is 1. The molecule has 5 aromatic rings. The minimum atomic E-state index is -0.172. The van der Waals surface area contributed by atoms with Crippen LogP contribution in [-0.2, 0) is 0 Å². The number of pyridine rings is 2.